The van der Waals surface area contributed by atoms with E-state index in [2.05, 4.69) is 16.3 Å². The average Bonchev–Trinajstić information content (AvgIpc) is 3.31. The summed E-state index contributed by atoms with van der Waals surface area (Å²) < 4.78 is 13.4. The SMILES string of the molecule is N#Cc1cc(F)ccc1N1CCC(CNC(=S)[C@H](O)[C@@H](O)C(=S)N2CCCC2)CC1. The van der Waals surface area contributed by atoms with E-state index >= 15 is 0 Å². The van der Waals surface area contributed by atoms with E-state index in [4.69, 9.17) is 24.4 Å². The van der Waals surface area contributed by atoms with Crippen LogP contribution in [0.3, 0.4) is 0 Å². The minimum atomic E-state index is -1.22. The van der Waals surface area contributed by atoms with Crippen LogP contribution in [0.5, 0.6) is 0 Å². The van der Waals surface area contributed by atoms with E-state index < -0.39 is 18.0 Å². The van der Waals surface area contributed by atoms with Crippen molar-refractivity contribution < 1.29 is 14.6 Å². The zero-order valence-corrected chi connectivity index (χ0v) is 18.4. The highest BCUT2D eigenvalue weighted by Gasteiger charge is 2.30. The molecule has 2 atom stereocenters. The van der Waals surface area contributed by atoms with Crippen LogP contribution < -0.4 is 10.2 Å². The van der Waals surface area contributed by atoms with Crippen molar-refractivity contribution in [1.29, 1.82) is 5.26 Å². The number of nitrogens with one attached hydrogen (secondary N) is 1. The predicted molar refractivity (Wildman–Crippen MR) is 122 cm³/mol. The summed E-state index contributed by atoms with van der Waals surface area (Å²) in [5.41, 5.74) is 1.11. The Labute approximate surface area is 187 Å². The molecule has 162 valence electrons. The van der Waals surface area contributed by atoms with Crippen molar-refractivity contribution in [2.75, 3.05) is 37.6 Å². The Morgan fingerprint density at radius 3 is 2.47 bits per heavy atom. The van der Waals surface area contributed by atoms with Gasteiger partial charge in [-0.2, -0.15) is 5.26 Å². The van der Waals surface area contributed by atoms with Crippen LogP contribution in [0, 0.1) is 23.1 Å². The number of anilines is 1. The average molecular weight is 451 g/mol. The van der Waals surface area contributed by atoms with E-state index in [1.54, 1.807) is 6.07 Å². The highest BCUT2D eigenvalue weighted by atomic mass is 32.1. The third-order valence-corrected chi connectivity index (χ3v) is 6.72. The van der Waals surface area contributed by atoms with E-state index in [1.807, 2.05) is 4.90 Å². The fourth-order valence-electron chi connectivity index (χ4n) is 4.00. The Kier molecular flexibility index (Phi) is 7.94. The highest BCUT2D eigenvalue weighted by molar-refractivity contribution is 7.81. The first-order valence-electron chi connectivity index (χ1n) is 10.3. The molecule has 0 aromatic heterocycles. The Hall–Kier alpha value is -1.86. The van der Waals surface area contributed by atoms with Gasteiger partial charge in [-0.1, -0.05) is 24.4 Å². The van der Waals surface area contributed by atoms with Gasteiger partial charge in [-0.15, -0.1) is 0 Å². The number of nitrogens with zero attached hydrogens (tertiary/aromatic N) is 3. The molecule has 0 amide bonds. The summed E-state index contributed by atoms with van der Waals surface area (Å²) in [7, 11) is 0. The number of aliphatic hydroxyl groups is 2. The zero-order chi connectivity index (χ0) is 21.7. The van der Waals surface area contributed by atoms with Crippen molar-refractivity contribution in [2.24, 2.45) is 5.92 Å². The lowest BCUT2D eigenvalue weighted by molar-refractivity contribution is 0.0990. The number of nitriles is 1. The lowest BCUT2D eigenvalue weighted by atomic mass is 9.95. The molecule has 0 spiro atoms. The molecule has 2 aliphatic rings. The van der Waals surface area contributed by atoms with Crippen molar-refractivity contribution >= 4 is 40.1 Å². The predicted octanol–water partition coefficient (Wildman–Crippen LogP) is 1.98. The van der Waals surface area contributed by atoms with Crippen molar-refractivity contribution in [3.8, 4) is 6.07 Å². The summed E-state index contributed by atoms with van der Waals surface area (Å²) in [6, 6.07) is 6.36. The van der Waals surface area contributed by atoms with E-state index in [-0.39, 0.29) is 4.99 Å². The molecule has 0 aliphatic carbocycles. The Morgan fingerprint density at radius 1 is 1.17 bits per heavy atom. The maximum Gasteiger partial charge on any atom is 0.136 e. The van der Waals surface area contributed by atoms with Gasteiger partial charge in [-0.3, -0.25) is 0 Å². The largest absolute Gasteiger partial charge is 0.383 e. The number of halogens is 1. The van der Waals surface area contributed by atoms with Crippen molar-refractivity contribution in [3.63, 3.8) is 0 Å². The summed E-state index contributed by atoms with van der Waals surface area (Å²) in [5, 5.41) is 33.1. The van der Waals surface area contributed by atoms with Gasteiger partial charge in [0.2, 0.25) is 0 Å². The van der Waals surface area contributed by atoms with Gasteiger partial charge in [-0.25, -0.2) is 4.39 Å². The van der Waals surface area contributed by atoms with Gasteiger partial charge in [0.15, 0.2) is 0 Å². The van der Waals surface area contributed by atoms with Gasteiger partial charge in [0.25, 0.3) is 0 Å². The fraction of sp³-hybridized carbons (Fsp3) is 0.571. The van der Waals surface area contributed by atoms with E-state index in [1.165, 1.54) is 12.1 Å². The Balaban J connectivity index is 1.45. The molecule has 0 unspecified atom stereocenters. The summed E-state index contributed by atoms with van der Waals surface area (Å²) in [6.45, 7) is 3.72. The van der Waals surface area contributed by atoms with E-state index in [0.29, 0.717) is 23.0 Å². The first-order valence-corrected chi connectivity index (χ1v) is 11.1. The van der Waals surface area contributed by atoms with E-state index in [0.717, 1.165) is 57.5 Å². The zero-order valence-electron chi connectivity index (χ0n) is 16.8. The molecule has 6 nitrogen and oxygen atoms in total. The van der Waals surface area contributed by atoms with Crippen molar-refractivity contribution in [1.82, 2.24) is 10.2 Å². The van der Waals surface area contributed by atoms with Gasteiger partial charge >= 0.3 is 0 Å². The van der Waals surface area contributed by atoms with Crippen LogP contribution >= 0.6 is 24.4 Å². The van der Waals surface area contributed by atoms with Gasteiger partial charge in [0.1, 0.15) is 34.1 Å². The Bertz CT molecular complexity index is 818. The molecular formula is C21H27FN4O2S2. The number of benzene rings is 1. The van der Waals surface area contributed by atoms with Crippen molar-refractivity contribution in [2.45, 2.75) is 37.9 Å². The molecule has 2 heterocycles. The number of aliphatic hydroxyl groups excluding tert-OH is 2. The van der Waals surface area contributed by atoms with Crippen LogP contribution in [0.1, 0.15) is 31.2 Å². The standard InChI is InChI=1S/C21H27FN4O2S2/c22-16-3-4-17(15(11-16)12-23)25-9-5-14(6-10-25)13-24-20(29)18(27)19(28)21(30)26-7-1-2-8-26/h3-4,11,14,18-19,27-28H,1-2,5-10,13H2,(H,24,29)/t18-,19-/m1/s1. The first kappa shape index (κ1) is 22.8. The molecule has 9 heteroatoms. The molecule has 1 aromatic carbocycles. The normalized spacial score (nSPS) is 19.3. The molecule has 2 saturated heterocycles. The second kappa shape index (κ2) is 10.4. The first-order chi connectivity index (χ1) is 14.4. The topological polar surface area (TPSA) is 82.8 Å². The van der Waals surface area contributed by atoms with Gasteiger partial charge < -0.3 is 25.3 Å². The maximum absolute atomic E-state index is 13.4. The minimum Gasteiger partial charge on any atom is -0.383 e. The minimum absolute atomic E-state index is 0.205. The van der Waals surface area contributed by atoms with Crippen LogP contribution in [-0.4, -0.2) is 70.0 Å². The third kappa shape index (κ3) is 5.43. The number of rotatable bonds is 6. The molecular weight excluding hydrogens is 423 g/mol. The molecule has 2 aliphatic heterocycles. The summed E-state index contributed by atoms with van der Waals surface area (Å²) in [5.74, 6) is -0.0621. The quantitative estimate of drug-likeness (QED) is 0.568. The fourth-order valence-corrected chi connectivity index (χ4v) is 4.53. The number of thiocarbonyl (C=S) groups is 2. The van der Waals surface area contributed by atoms with Crippen LogP contribution in [0.4, 0.5) is 10.1 Å². The number of piperidine rings is 1. The van der Waals surface area contributed by atoms with Gasteiger partial charge in [0, 0.05) is 32.7 Å². The van der Waals surface area contributed by atoms with Crippen LogP contribution in [0.15, 0.2) is 18.2 Å². The summed E-state index contributed by atoms with van der Waals surface area (Å²) in [4.78, 5) is 4.58. The number of hydrogen-bond acceptors (Lipinski definition) is 6. The van der Waals surface area contributed by atoms with Crippen LogP contribution in [-0.2, 0) is 0 Å². The monoisotopic (exact) mass is 450 g/mol. The molecule has 3 N–H and O–H groups in total. The van der Waals surface area contributed by atoms with Crippen molar-refractivity contribution in [3.05, 3.63) is 29.6 Å². The molecule has 0 saturated carbocycles. The molecule has 3 rings (SSSR count). The second-order valence-electron chi connectivity index (χ2n) is 7.87. The number of hydrogen-bond donors (Lipinski definition) is 3. The van der Waals surface area contributed by atoms with Gasteiger partial charge in [-0.05, 0) is 49.8 Å². The van der Waals surface area contributed by atoms with Gasteiger partial charge in [0.05, 0.1) is 11.3 Å². The lowest BCUT2D eigenvalue weighted by Crippen LogP contribution is -2.49. The smallest absolute Gasteiger partial charge is 0.136 e. The number of likely N-dealkylation sites (tertiary alicyclic amines) is 1. The lowest BCUT2D eigenvalue weighted by Gasteiger charge is -2.34. The summed E-state index contributed by atoms with van der Waals surface area (Å²) >= 11 is 10.6. The van der Waals surface area contributed by atoms with Crippen LogP contribution in [0.25, 0.3) is 0 Å². The second-order valence-corrected chi connectivity index (χ2v) is 8.73. The molecule has 0 bridgehead atoms. The maximum atomic E-state index is 13.4. The summed E-state index contributed by atoms with van der Waals surface area (Å²) in [6.07, 6.45) is 1.44. The highest BCUT2D eigenvalue weighted by Crippen LogP contribution is 2.26. The molecule has 1 aromatic rings. The molecule has 30 heavy (non-hydrogen) atoms. The van der Waals surface area contributed by atoms with E-state index in [9.17, 15) is 19.9 Å². The third-order valence-electron chi connectivity index (χ3n) is 5.84. The molecule has 0 radical (unpaired) electrons. The van der Waals surface area contributed by atoms with Crippen LogP contribution in [0.2, 0.25) is 0 Å². The molecule has 2 fully saturated rings. The Morgan fingerprint density at radius 2 is 1.83 bits per heavy atom.